The number of nitrogens with two attached hydrogens (primary N) is 1. The van der Waals surface area contributed by atoms with Crippen molar-refractivity contribution in [3.8, 4) is 28.7 Å². The Balaban J connectivity index is 1.40. The van der Waals surface area contributed by atoms with Crippen LogP contribution in [-0.4, -0.2) is 53.5 Å². The molecule has 0 aliphatic heterocycles. The zero-order chi connectivity index (χ0) is 28.9. The predicted octanol–water partition coefficient (Wildman–Crippen LogP) is 4.61. The standard InChI is InChI=1S/C28H28F3N7O2/c1-38(2)11-10-18(15-32)27(39)37-21-13-20(14-21)36-26-24(25(33)34-16-35-26)17-6-8-22(9-7-17)40-23-5-3-4-19(12-23)28(29,30)31/h3-10,12,16,20-21H,11,13-14H2,1-2H3,(H,37,39)(H3,33,34,35,36). The maximum atomic E-state index is 13.0. The Morgan fingerprint density at radius 3 is 2.52 bits per heavy atom. The van der Waals surface area contributed by atoms with Gasteiger partial charge >= 0.3 is 6.18 Å². The van der Waals surface area contributed by atoms with Crippen molar-refractivity contribution in [2.75, 3.05) is 31.7 Å². The molecule has 1 aromatic heterocycles. The molecule has 12 heteroatoms. The predicted molar refractivity (Wildman–Crippen MR) is 144 cm³/mol. The zero-order valence-corrected chi connectivity index (χ0v) is 21.9. The summed E-state index contributed by atoms with van der Waals surface area (Å²) in [6.07, 6.45) is -0.267. The molecule has 1 aliphatic carbocycles. The third-order valence-corrected chi connectivity index (χ3v) is 6.26. The molecule has 4 rings (SSSR count). The van der Waals surface area contributed by atoms with E-state index in [1.807, 2.05) is 25.1 Å². The number of alkyl halides is 3. The molecule has 0 atom stereocenters. The summed E-state index contributed by atoms with van der Waals surface area (Å²) in [4.78, 5) is 22.7. The fourth-order valence-electron chi connectivity index (χ4n) is 4.13. The number of aromatic nitrogens is 2. The first kappa shape index (κ1) is 28.4. The van der Waals surface area contributed by atoms with E-state index in [-0.39, 0.29) is 29.2 Å². The summed E-state index contributed by atoms with van der Waals surface area (Å²) in [7, 11) is 3.70. The van der Waals surface area contributed by atoms with Crippen molar-refractivity contribution in [1.82, 2.24) is 20.2 Å². The van der Waals surface area contributed by atoms with Crippen molar-refractivity contribution < 1.29 is 22.7 Å². The number of hydrogen-bond donors (Lipinski definition) is 3. The smallest absolute Gasteiger partial charge is 0.416 e. The highest BCUT2D eigenvalue weighted by Gasteiger charge is 2.32. The van der Waals surface area contributed by atoms with Crippen LogP contribution in [0.25, 0.3) is 11.1 Å². The number of rotatable bonds is 9. The summed E-state index contributed by atoms with van der Waals surface area (Å²) in [5, 5.41) is 15.5. The molecule has 208 valence electrons. The number of carbonyl (C=O) groups excluding carboxylic acids is 1. The highest BCUT2D eigenvalue weighted by atomic mass is 19.4. The summed E-state index contributed by atoms with van der Waals surface area (Å²) in [5.41, 5.74) is 6.71. The van der Waals surface area contributed by atoms with Gasteiger partial charge in [-0.15, -0.1) is 0 Å². The molecule has 0 radical (unpaired) electrons. The van der Waals surface area contributed by atoms with Gasteiger partial charge in [-0.2, -0.15) is 18.4 Å². The van der Waals surface area contributed by atoms with E-state index in [2.05, 4.69) is 20.6 Å². The summed E-state index contributed by atoms with van der Waals surface area (Å²) < 4.78 is 44.6. The number of likely N-dealkylation sites (N-methyl/N-ethyl adjacent to an activating group) is 1. The molecule has 1 fully saturated rings. The first-order valence-corrected chi connectivity index (χ1v) is 12.4. The van der Waals surface area contributed by atoms with Crippen LogP contribution in [0.4, 0.5) is 24.8 Å². The molecular weight excluding hydrogens is 523 g/mol. The van der Waals surface area contributed by atoms with E-state index < -0.39 is 17.6 Å². The first-order chi connectivity index (χ1) is 19.0. The van der Waals surface area contributed by atoms with Gasteiger partial charge in [0.1, 0.15) is 41.1 Å². The second kappa shape index (κ2) is 12.0. The Hall–Kier alpha value is -4.63. The van der Waals surface area contributed by atoms with E-state index in [9.17, 15) is 23.2 Å². The number of carbonyl (C=O) groups is 1. The Bertz CT molecular complexity index is 1430. The number of nitrogens with zero attached hydrogens (tertiary/aromatic N) is 4. The van der Waals surface area contributed by atoms with Crippen molar-refractivity contribution in [3.63, 3.8) is 0 Å². The molecule has 0 spiro atoms. The minimum atomic E-state index is -4.47. The molecule has 1 aliphatic rings. The largest absolute Gasteiger partial charge is 0.457 e. The number of nitrogen functional groups attached to an aromatic ring is 1. The van der Waals surface area contributed by atoms with Crippen LogP contribution < -0.4 is 21.1 Å². The average molecular weight is 552 g/mol. The van der Waals surface area contributed by atoms with Gasteiger partial charge in [0.2, 0.25) is 0 Å². The normalized spacial score (nSPS) is 17.1. The van der Waals surface area contributed by atoms with Crippen molar-refractivity contribution in [3.05, 3.63) is 72.1 Å². The van der Waals surface area contributed by atoms with Crippen LogP contribution in [0.2, 0.25) is 0 Å². The molecule has 40 heavy (non-hydrogen) atoms. The van der Waals surface area contributed by atoms with Gasteiger partial charge in [0, 0.05) is 18.6 Å². The molecule has 1 saturated carbocycles. The number of amides is 1. The Morgan fingerprint density at radius 1 is 1.15 bits per heavy atom. The minimum Gasteiger partial charge on any atom is -0.457 e. The lowest BCUT2D eigenvalue weighted by Gasteiger charge is -2.37. The zero-order valence-electron chi connectivity index (χ0n) is 21.9. The first-order valence-electron chi connectivity index (χ1n) is 12.4. The quantitative estimate of drug-likeness (QED) is 0.260. The van der Waals surface area contributed by atoms with Crippen molar-refractivity contribution >= 4 is 17.5 Å². The van der Waals surface area contributed by atoms with Crippen LogP contribution in [0.5, 0.6) is 11.5 Å². The maximum Gasteiger partial charge on any atom is 0.416 e. The second-order valence-corrected chi connectivity index (χ2v) is 9.61. The van der Waals surface area contributed by atoms with E-state index >= 15 is 0 Å². The topological polar surface area (TPSA) is 129 Å². The second-order valence-electron chi connectivity index (χ2n) is 9.61. The molecule has 1 amide bonds. The Kier molecular flexibility index (Phi) is 8.55. The summed E-state index contributed by atoms with van der Waals surface area (Å²) in [5.74, 6) is 0.777. The average Bonchev–Trinajstić information content (AvgIpc) is 2.88. The molecule has 0 unspecified atom stereocenters. The summed E-state index contributed by atoms with van der Waals surface area (Å²) in [6.45, 7) is 0.488. The van der Waals surface area contributed by atoms with Gasteiger partial charge in [0.05, 0.1) is 11.1 Å². The lowest BCUT2D eigenvalue weighted by molar-refractivity contribution is -0.137. The van der Waals surface area contributed by atoms with Crippen LogP contribution in [0.15, 0.2) is 66.5 Å². The molecule has 0 saturated heterocycles. The van der Waals surface area contributed by atoms with Crippen molar-refractivity contribution in [1.29, 1.82) is 5.26 Å². The van der Waals surface area contributed by atoms with E-state index in [4.69, 9.17) is 10.5 Å². The highest BCUT2D eigenvalue weighted by Crippen LogP contribution is 2.36. The molecule has 4 N–H and O–H groups in total. The van der Waals surface area contributed by atoms with Gasteiger partial charge in [-0.25, -0.2) is 9.97 Å². The number of nitriles is 1. The number of ether oxygens (including phenoxy) is 1. The van der Waals surface area contributed by atoms with Crippen molar-refractivity contribution in [2.24, 2.45) is 0 Å². The Morgan fingerprint density at radius 2 is 1.88 bits per heavy atom. The highest BCUT2D eigenvalue weighted by molar-refractivity contribution is 5.97. The fourth-order valence-corrected chi connectivity index (χ4v) is 4.13. The van der Waals surface area contributed by atoms with Crippen LogP contribution >= 0.6 is 0 Å². The minimum absolute atomic E-state index is 0.0122. The molecule has 2 aromatic carbocycles. The van der Waals surface area contributed by atoms with Gasteiger partial charge in [-0.1, -0.05) is 18.2 Å². The van der Waals surface area contributed by atoms with E-state index in [1.54, 1.807) is 30.3 Å². The molecular formula is C28H28F3N7O2. The monoisotopic (exact) mass is 551 g/mol. The lowest BCUT2D eigenvalue weighted by atomic mass is 9.86. The number of nitrogens with one attached hydrogen (secondary N) is 2. The van der Waals surface area contributed by atoms with E-state index in [0.717, 1.165) is 12.1 Å². The third-order valence-electron chi connectivity index (χ3n) is 6.26. The van der Waals surface area contributed by atoms with Crippen molar-refractivity contribution in [2.45, 2.75) is 31.1 Å². The van der Waals surface area contributed by atoms with Gasteiger partial charge in [-0.3, -0.25) is 4.79 Å². The number of hydrogen-bond acceptors (Lipinski definition) is 8. The van der Waals surface area contributed by atoms with Crippen LogP contribution in [0.3, 0.4) is 0 Å². The van der Waals surface area contributed by atoms with E-state index in [0.29, 0.717) is 42.1 Å². The van der Waals surface area contributed by atoms with Gasteiger partial charge in [0.25, 0.3) is 5.91 Å². The number of anilines is 2. The molecule has 1 heterocycles. The maximum absolute atomic E-state index is 13.0. The third kappa shape index (κ3) is 7.06. The molecule has 3 aromatic rings. The van der Waals surface area contributed by atoms with E-state index in [1.165, 1.54) is 18.5 Å². The SMILES string of the molecule is CN(C)CC=C(C#N)C(=O)NC1CC(Nc2ncnc(N)c2-c2ccc(Oc3cccc(C(F)(F)F)c3)cc2)C1. The van der Waals surface area contributed by atoms with Crippen LogP contribution in [-0.2, 0) is 11.0 Å². The van der Waals surface area contributed by atoms with Crippen LogP contribution in [0.1, 0.15) is 18.4 Å². The van der Waals surface area contributed by atoms with Crippen LogP contribution in [0, 0.1) is 11.3 Å². The Labute approximate surface area is 229 Å². The van der Waals surface area contributed by atoms with Gasteiger partial charge in [0.15, 0.2) is 0 Å². The lowest BCUT2D eigenvalue weighted by Crippen LogP contribution is -2.50. The number of halogens is 3. The molecule has 0 bridgehead atoms. The summed E-state index contributed by atoms with van der Waals surface area (Å²) >= 11 is 0. The van der Waals surface area contributed by atoms with Gasteiger partial charge in [-0.05, 0) is 68.9 Å². The fraction of sp³-hybridized carbons (Fsp3) is 0.286. The number of benzene rings is 2. The molecule has 9 nitrogen and oxygen atoms in total. The summed E-state index contributed by atoms with van der Waals surface area (Å²) in [6, 6.07) is 13.2. The van der Waals surface area contributed by atoms with Gasteiger partial charge < -0.3 is 26.0 Å².